The SMILES string of the molecule is CCC[C@@](OCOC)(c1ccccc1I)N(C(=O)O)C1CC1. The summed E-state index contributed by atoms with van der Waals surface area (Å²) in [6.07, 6.45) is 2.24. The van der Waals surface area contributed by atoms with Crippen LogP contribution in [0.4, 0.5) is 4.79 Å². The maximum atomic E-state index is 12.0. The quantitative estimate of drug-likeness (QED) is 0.511. The summed E-state index contributed by atoms with van der Waals surface area (Å²) >= 11 is 2.24. The van der Waals surface area contributed by atoms with E-state index in [9.17, 15) is 9.90 Å². The van der Waals surface area contributed by atoms with Crippen LogP contribution in [0.2, 0.25) is 0 Å². The zero-order chi connectivity index (χ0) is 16.2. The van der Waals surface area contributed by atoms with Gasteiger partial charge in [-0.05, 0) is 47.9 Å². The van der Waals surface area contributed by atoms with Gasteiger partial charge in [-0.3, -0.25) is 4.90 Å². The fourth-order valence-corrected chi connectivity index (χ4v) is 3.62. The second kappa shape index (κ2) is 7.61. The lowest BCUT2D eigenvalue weighted by molar-refractivity contribution is -0.207. The molecule has 0 heterocycles. The summed E-state index contributed by atoms with van der Waals surface area (Å²) in [4.78, 5) is 13.4. The second-order valence-electron chi connectivity index (χ2n) is 5.45. The monoisotopic (exact) mass is 419 g/mol. The summed E-state index contributed by atoms with van der Waals surface area (Å²) in [5, 5.41) is 9.80. The second-order valence-corrected chi connectivity index (χ2v) is 6.61. The van der Waals surface area contributed by atoms with Crippen LogP contribution in [-0.4, -0.2) is 36.0 Å². The molecule has 1 aliphatic rings. The van der Waals surface area contributed by atoms with Gasteiger partial charge in [-0.1, -0.05) is 31.5 Å². The largest absolute Gasteiger partial charge is 0.465 e. The normalized spacial score (nSPS) is 17.0. The molecule has 1 fully saturated rings. The molecule has 1 aliphatic carbocycles. The maximum Gasteiger partial charge on any atom is 0.410 e. The summed E-state index contributed by atoms with van der Waals surface area (Å²) in [5.41, 5.74) is -0.0981. The van der Waals surface area contributed by atoms with Crippen LogP contribution in [0.5, 0.6) is 0 Å². The molecule has 1 aromatic rings. The molecule has 0 saturated heterocycles. The highest BCUT2D eigenvalue weighted by molar-refractivity contribution is 14.1. The number of carbonyl (C=O) groups is 1. The molecule has 1 amide bonds. The highest BCUT2D eigenvalue weighted by Crippen LogP contribution is 2.43. The number of hydrogen-bond acceptors (Lipinski definition) is 3. The minimum atomic E-state index is -0.991. The van der Waals surface area contributed by atoms with E-state index >= 15 is 0 Å². The van der Waals surface area contributed by atoms with Crippen LogP contribution >= 0.6 is 22.6 Å². The smallest absolute Gasteiger partial charge is 0.410 e. The minimum Gasteiger partial charge on any atom is -0.465 e. The van der Waals surface area contributed by atoms with E-state index in [0.717, 1.165) is 28.4 Å². The molecule has 0 aromatic heterocycles. The zero-order valence-corrected chi connectivity index (χ0v) is 15.1. The van der Waals surface area contributed by atoms with Gasteiger partial charge in [-0.15, -0.1) is 0 Å². The molecule has 0 unspecified atom stereocenters. The van der Waals surface area contributed by atoms with Crippen molar-refractivity contribution < 1.29 is 19.4 Å². The van der Waals surface area contributed by atoms with Crippen molar-refractivity contribution >= 4 is 28.7 Å². The van der Waals surface area contributed by atoms with E-state index in [0.29, 0.717) is 6.42 Å². The molecule has 1 aromatic carbocycles. The highest BCUT2D eigenvalue weighted by Gasteiger charge is 2.50. The molecule has 1 saturated carbocycles. The third-order valence-corrected chi connectivity index (χ3v) is 4.75. The molecule has 0 aliphatic heterocycles. The van der Waals surface area contributed by atoms with Crippen LogP contribution < -0.4 is 0 Å². The highest BCUT2D eigenvalue weighted by atomic mass is 127. The first-order valence-electron chi connectivity index (χ1n) is 7.47. The Morgan fingerprint density at radius 3 is 2.64 bits per heavy atom. The Labute approximate surface area is 144 Å². The fourth-order valence-electron chi connectivity index (χ4n) is 2.82. The van der Waals surface area contributed by atoms with E-state index in [4.69, 9.17) is 9.47 Å². The van der Waals surface area contributed by atoms with Gasteiger partial charge in [0.2, 0.25) is 0 Å². The van der Waals surface area contributed by atoms with E-state index in [1.54, 1.807) is 7.11 Å². The summed E-state index contributed by atoms with van der Waals surface area (Å²) in [6, 6.07) is 7.82. The van der Waals surface area contributed by atoms with E-state index < -0.39 is 11.8 Å². The molecule has 0 spiro atoms. The first-order valence-corrected chi connectivity index (χ1v) is 8.55. The van der Waals surface area contributed by atoms with Crippen molar-refractivity contribution in [1.82, 2.24) is 4.90 Å². The Bertz CT molecular complexity index is 521. The van der Waals surface area contributed by atoms with Gasteiger partial charge in [0.1, 0.15) is 6.79 Å². The predicted molar refractivity (Wildman–Crippen MR) is 91.6 cm³/mol. The molecular weight excluding hydrogens is 397 g/mol. The molecule has 1 atom stereocenters. The first kappa shape index (κ1) is 17.5. The van der Waals surface area contributed by atoms with Crippen molar-refractivity contribution in [3.8, 4) is 0 Å². The molecular formula is C16H22INO4. The number of nitrogens with zero attached hydrogens (tertiary/aromatic N) is 1. The number of halogens is 1. The lowest BCUT2D eigenvalue weighted by Crippen LogP contribution is -2.52. The molecule has 2 rings (SSSR count). The average Bonchev–Trinajstić information content (AvgIpc) is 3.29. The Balaban J connectivity index is 2.53. The first-order chi connectivity index (χ1) is 10.6. The zero-order valence-electron chi connectivity index (χ0n) is 12.9. The molecule has 22 heavy (non-hydrogen) atoms. The maximum absolute atomic E-state index is 12.0. The van der Waals surface area contributed by atoms with Crippen molar-refractivity contribution in [2.75, 3.05) is 13.9 Å². The van der Waals surface area contributed by atoms with Crippen molar-refractivity contribution in [3.05, 3.63) is 33.4 Å². The number of hydrogen-bond donors (Lipinski definition) is 1. The topological polar surface area (TPSA) is 59.0 Å². The minimum absolute atomic E-state index is 0.0249. The van der Waals surface area contributed by atoms with Gasteiger partial charge in [0.05, 0.1) is 0 Å². The predicted octanol–water partition coefficient (Wildman–Crippen LogP) is 4.01. The van der Waals surface area contributed by atoms with Gasteiger partial charge in [0.15, 0.2) is 5.72 Å². The van der Waals surface area contributed by atoms with Crippen LogP contribution in [0.3, 0.4) is 0 Å². The number of methoxy groups -OCH3 is 1. The average molecular weight is 419 g/mol. The molecule has 5 nitrogen and oxygen atoms in total. The van der Waals surface area contributed by atoms with Crippen molar-refractivity contribution in [1.29, 1.82) is 0 Å². The Hall–Kier alpha value is -0.860. The van der Waals surface area contributed by atoms with Gasteiger partial charge in [-0.2, -0.15) is 0 Å². The van der Waals surface area contributed by atoms with E-state index in [1.165, 1.54) is 4.90 Å². The molecule has 6 heteroatoms. The van der Waals surface area contributed by atoms with Gasteiger partial charge in [-0.25, -0.2) is 4.79 Å². The lowest BCUT2D eigenvalue weighted by atomic mass is 9.95. The molecule has 122 valence electrons. The van der Waals surface area contributed by atoms with Gasteiger partial charge < -0.3 is 14.6 Å². The summed E-state index contributed by atoms with van der Waals surface area (Å²) in [6.45, 7) is 2.09. The molecule has 1 N–H and O–H groups in total. The number of benzene rings is 1. The molecule has 0 bridgehead atoms. The van der Waals surface area contributed by atoms with Crippen LogP contribution in [0.15, 0.2) is 24.3 Å². The Kier molecular flexibility index (Phi) is 6.05. The summed E-state index contributed by atoms with van der Waals surface area (Å²) in [7, 11) is 1.55. The standard InChI is InChI=1S/C16H22INO4/c1-3-10-16(22-11-21-2,13-6-4-5-7-14(13)17)18(15(19)20)12-8-9-12/h4-7,12H,3,8-11H2,1-2H3,(H,19,20)/t16-/m1/s1. The number of rotatable bonds is 8. The summed E-state index contributed by atoms with van der Waals surface area (Å²) < 4.78 is 12.1. The lowest BCUT2D eigenvalue weighted by Gasteiger charge is -2.43. The number of carboxylic acid groups (broad SMARTS) is 1. The molecule has 0 radical (unpaired) electrons. The van der Waals surface area contributed by atoms with E-state index in [2.05, 4.69) is 22.6 Å². The Morgan fingerprint density at radius 2 is 2.14 bits per heavy atom. The Morgan fingerprint density at radius 1 is 1.45 bits per heavy atom. The van der Waals surface area contributed by atoms with Crippen molar-refractivity contribution in [2.24, 2.45) is 0 Å². The van der Waals surface area contributed by atoms with Crippen LogP contribution in [0.25, 0.3) is 0 Å². The van der Waals surface area contributed by atoms with E-state index in [-0.39, 0.29) is 12.8 Å². The van der Waals surface area contributed by atoms with Crippen LogP contribution in [0.1, 0.15) is 38.2 Å². The third kappa shape index (κ3) is 3.55. The number of ether oxygens (including phenoxy) is 2. The van der Waals surface area contributed by atoms with E-state index in [1.807, 2.05) is 31.2 Å². The van der Waals surface area contributed by atoms with Crippen LogP contribution in [-0.2, 0) is 15.2 Å². The van der Waals surface area contributed by atoms with Gasteiger partial charge >= 0.3 is 6.09 Å². The van der Waals surface area contributed by atoms with Crippen molar-refractivity contribution in [3.63, 3.8) is 0 Å². The van der Waals surface area contributed by atoms with Crippen LogP contribution in [0, 0.1) is 3.57 Å². The fraction of sp³-hybridized carbons (Fsp3) is 0.562. The van der Waals surface area contributed by atoms with Gasteiger partial charge in [0, 0.05) is 22.3 Å². The van der Waals surface area contributed by atoms with Crippen molar-refractivity contribution in [2.45, 2.75) is 44.4 Å². The summed E-state index contributed by atoms with van der Waals surface area (Å²) in [5.74, 6) is 0. The van der Waals surface area contributed by atoms with Gasteiger partial charge in [0.25, 0.3) is 0 Å². The number of amides is 1. The third-order valence-electron chi connectivity index (χ3n) is 3.81.